The summed E-state index contributed by atoms with van der Waals surface area (Å²) < 4.78 is 0. The Morgan fingerprint density at radius 1 is 1.10 bits per heavy atom. The molecular formula is C24H17IrN2O2S+. The van der Waals surface area contributed by atoms with E-state index >= 15 is 0 Å². The number of benzene rings is 2. The van der Waals surface area contributed by atoms with Gasteiger partial charge in [-0.2, -0.15) is 4.98 Å². The van der Waals surface area contributed by atoms with Crippen LogP contribution in [-0.2, 0) is 20.1 Å². The third kappa shape index (κ3) is 4.59. The van der Waals surface area contributed by atoms with Crippen molar-refractivity contribution >= 4 is 39.9 Å². The third-order valence-electron chi connectivity index (χ3n) is 4.55. The van der Waals surface area contributed by atoms with Gasteiger partial charge in [-0.25, -0.2) is 9.78 Å². The smallest absolute Gasteiger partial charge is 0.355 e. The Bertz CT molecular complexity index is 1250. The van der Waals surface area contributed by atoms with Crippen molar-refractivity contribution in [3.63, 3.8) is 0 Å². The third-order valence-corrected chi connectivity index (χ3v) is 5.14. The minimum atomic E-state index is -0.966. The standard InChI is InChI=1S/C20H14N.C4H3NO2S.Ir/c1-14-13-20(21-19-12-5-4-9-16(14)19)18-11-6-8-15-7-2-3-10-17(15)18;6-4(7)3-1-8-2-5-3;/h2-10,12-13H,1H3;1-2H,(H,6,7);/q+1;;. The molecule has 0 saturated carbocycles. The zero-order chi connectivity index (χ0) is 20.2. The molecule has 0 unspecified atom stereocenters. The fourth-order valence-electron chi connectivity index (χ4n) is 3.17. The van der Waals surface area contributed by atoms with E-state index in [1.807, 2.05) is 12.1 Å². The Kier molecular flexibility index (Phi) is 6.98. The van der Waals surface area contributed by atoms with E-state index in [4.69, 9.17) is 10.1 Å². The number of para-hydroxylation sites is 1. The van der Waals surface area contributed by atoms with Crippen molar-refractivity contribution in [1.29, 1.82) is 0 Å². The maximum absolute atomic E-state index is 10.0. The van der Waals surface area contributed by atoms with Crippen LogP contribution in [0.5, 0.6) is 0 Å². The molecule has 0 aliphatic heterocycles. The quantitative estimate of drug-likeness (QED) is 0.308. The number of fused-ring (bicyclic) bond motifs is 2. The van der Waals surface area contributed by atoms with Gasteiger partial charge < -0.3 is 5.11 Å². The van der Waals surface area contributed by atoms with Crippen LogP contribution in [0.1, 0.15) is 32.9 Å². The van der Waals surface area contributed by atoms with Crippen LogP contribution in [-0.4, -0.2) is 21.0 Å². The van der Waals surface area contributed by atoms with Crippen LogP contribution in [0, 0.1) is 13.0 Å². The van der Waals surface area contributed by atoms with E-state index in [2.05, 4.69) is 72.6 Å². The second-order valence-electron chi connectivity index (χ2n) is 6.46. The second-order valence-corrected chi connectivity index (χ2v) is 7.18. The SMILES string of the molecule is Cc1cc(C2=[C+]C=Cc3ccccc32)nc2ccccc12.O=C(O)c1cscn1.[Ir]. The molecule has 0 fully saturated rings. The molecule has 2 heterocycles. The molecule has 0 spiro atoms. The number of allylic oxidation sites excluding steroid dienone is 2. The molecule has 0 atom stereocenters. The molecule has 4 nitrogen and oxygen atoms in total. The minimum absolute atomic E-state index is 0. The monoisotopic (exact) mass is 590 g/mol. The van der Waals surface area contributed by atoms with E-state index in [-0.39, 0.29) is 25.8 Å². The molecule has 2 aromatic carbocycles. The van der Waals surface area contributed by atoms with Crippen LogP contribution < -0.4 is 0 Å². The fraction of sp³-hybridized carbons (Fsp3) is 0.0417. The predicted molar refractivity (Wildman–Crippen MR) is 117 cm³/mol. The van der Waals surface area contributed by atoms with Crippen molar-refractivity contribution in [3.05, 3.63) is 106 Å². The average Bonchev–Trinajstić information content (AvgIpc) is 3.29. The number of nitrogens with zero attached hydrogens (tertiary/aromatic N) is 2. The Morgan fingerprint density at radius 2 is 1.87 bits per heavy atom. The van der Waals surface area contributed by atoms with E-state index in [0.717, 1.165) is 16.8 Å². The first-order valence-corrected chi connectivity index (χ1v) is 9.95. The number of thiazole rings is 1. The Balaban J connectivity index is 0.000000242. The zero-order valence-corrected chi connectivity index (χ0v) is 19.2. The predicted octanol–water partition coefficient (Wildman–Crippen LogP) is 5.64. The summed E-state index contributed by atoms with van der Waals surface area (Å²) in [5.74, 6) is -0.966. The number of carboxylic acid groups (broad SMARTS) is 1. The zero-order valence-electron chi connectivity index (χ0n) is 16.0. The summed E-state index contributed by atoms with van der Waals surface area (Å²) in [5, 5.41) is 10.9. The Hall–Kier alpha value is -3.01. The maximum Gasteiger partial charge on any atom is 0.355 e. The molecule has 0 saturated heterocycles. The number of aryl methyl sites for hydroxylation is 1. The molecule has 1 radical (unpaired) electrons. The first kappa shape index (κ1) is 21.7. The van der Waals surface area contributed by atoms with Gasteiger partial charge in [-0.15, -0.1) is 11.3 Å². The summed E-state index contributed by atoms with van der Waals surface area (Å²) in [6, 6.07) is 18.8. The summed E-state index contributed by atoms with van der Waals surface area (Å²) in [6.45, 7) is 2.14. The molecule has 5 rings (SSSR count). The van der Waals surface area contributed by atoms with Gasteiger partial charge in [0.1, 0.15) is 0 Å². The summed E-state index contributed by atoms with van der Waals surface area (Å²) >= 11 is 1.28. The number of hydrogen-bond donors (Lipinski definition) is 1. The number of pyridine rings is 1. The number of aromatic nitrogens is 2. The van der Waals surface area contributed by atoms with E-state index in [9.17, 15) is 4.79 Å². The van der Waals surface area contributed by atoms with Crippen molar-refractivity contribution in [2.75, 3.05) is 0 Å². The number of carboxylic acids is 1. The van der Waals surface area contributed by atoms with Crippen LogP contribution in [0.3, 0.4) is 0 Å². The summed E-state index contributed by atoms with van der Waals surface area (Å²) in [6.07, 6.45) is 7.42. The summed E-state index contributed by atoms with van der Waals surface area (Å²) in [4.78, 5) is 18.4. The molecule has 1 N–H and O–H groups in total. The number of carbonyl (C=O) groups is 1. The van der Waals surface area contributed by atoms with Crippen LogP contribution >= 0.6 is 11.3 Å². The van der Waals surface area contributed by atoms with E-state index in [0.29, 0.717) is 0 Å². The molecule has 6 heteroatoms. The number of aromatic carboxylic acids is 1. The molecular weight excluding hydrogens is 573 g/mol. The molecule has 149 valence electrons. The van der Waals surface area contributed by atoms with Gasteiger partial charge in [0.05, 0.1) is 28.2 Å². The summed E-state index contributed by atoms with van der Waals surface area (Å²) in [5.41, 5.74) is 8.37. The van der Waals surface area contributed by atoms with Gasteiger partial charge in [0.2, 0.25) is 0 Å². The van der Waals surface area contributed by atoms with Crippen molar-refractivity contribution in [3.8, 4) is 0 Å². The van der Waals surface area contributed by atoms with Crippen LogP contribution in [0.2, 0.25) is 0 Å². The van der Waals surface area contributed by atoms with Gasteiger partial charge in [-0.3, -0.25) is 0 Å². The molecule has 1 aliphatic rings. The van der Waals surface area contributed by atoms with Crippen molar-refractivity contribution in [2.45, 2.75) is 6.92 Å². The van der Waals surface area contributed by atoms with E-state index in [1.165, 1.54) is 44.3 Å². The molecule has 0 bridgehead atoms. The number of hydrogen-bond acceptors (Lipinski definition) is 4. The van der Waals surface area contributed by atoms with Gasteiger partial charge in [0.15, 0.2) is 17.0 Å². The van der Waals surface area contributed by atoms with E-state index in [1.54, 1.807) is 0 Å². The largest absolute Gasteiger partial charge is 0.476 e. The molecule has 4 aromatic rings. The minimum Gasteiger partial charge on any atom is -0.476 e. The summed E-state index contributed by atoms with van der Waals surface area (Å²) in [7, 11) is 0. The van der Waals surface area contributed by atoms with Crippen LogP contribution in [0.15, 0.2) is 71.6 Å². The first-order chi connectivity index (χ1) is 14.1. The maximum atomic E-state index is 10.0. The van der Waals surface area contributed by atoms with Gasteiger partial charge in [0.25, 0.3) is 0 Å². The normalized spacial score (nSPS) is 11.3. The number of rotatable bonds is 2. The van der Waals surface area contributed by atoms with Gasteiger partial charge in [-0.1, -0.05) is 30.3 Å². The van der Waals surface area contributed by atoms with Crippen LogP contribution in [0.25, 0.3) is 22.6 Å². The first-order valence-electron chi connectivity index (χ1n) is 9.01. The van der Waals surface area contributed by atoms with Gasteiger partial charge >= 0.3 is 5.97 Å². The van der Waals surface area contributed by atoms with E-state index < -0.39 is 5.97 Å². The van der Waals surface area contributed by atoms with Crippen molar-refractivity contribution in [1.82, 2.24) is 9.97 Å². The molecule has 2 aromatic heterocycles. The molecule has 30 heavy (non-hydrogen) atoms. The molecule has 0 amide bonds. The Morgan fingerprint density at radius 3 is 2.60 bits per heavy atom. The second kappa shape index (κ2) is 9.66. The Labute approximate surface area is 192 Å². The fourth-order valence-corrected chi connectivity index (χ4v) is 3.70. The van der Waals surface area contributed by atoms with Crippen molar-refractivity contribution < 1.29 is 30.0 Å². The van der Waals surface area contributed by atoms with Crippen molar-refractivity contribution in [2.24, 2.45) is 0 Å². The van der Waals surface area contributed by atoms with Crippen LogP contribution in [0.4, 0.5) is 0 Å². The van der Waals surface area contributed by atoms with Gasteiger partial charge in [-0.05, 0) is 30.7 Å². The van der Waals surface area contributed by atoms with Gasteiger partial charge in [0, 0.05) is 49.1 Å². The topological polar surface area (TPSA) is 63.1 Å². The average molecular weight is 590 g/mol. The molecule has 1 aliphatic carbocycles.